The number of nitrogens with zero attached hydrogens (tertiary/aromatic N) is 1. The van der Waals surface area contributed by atoms with Gasteiger partial charge < -0.3 is 14.3 Å². The molecule has 7 heteroatoms. The quantitative estimate of drug-likeness (QED) is 0.233. The van der Waals surface area contributed by atoms with Crippen LogP contribution in [0.3, 0.4) is 0 Å². The maximum absolute atomic E-state index is 13.6. The molecule has 2 heterocycles. The van der Waals surface area contributed by atoms with Crippen LogP contribution in [0.5, 0.6) is 0 Å². The molecule has 0 unspecified atom stereocenters. The van der Waals surface area contributed by atoms with Gasteiger partial charge in [0.2, 0.25) is 5.91 Å². The number of amides is 1. The van der Waals surface area contributed by atoms with Crippen LogP contribution < -0.4 is 5.32 Å². The fourth-order valence-electron chi connectivity index (χ4n) is 4.77. The van der Waals surface area contributed by atoms with Gasteiger partial charge in [-0.2, -0.15) is 13.2 Å². The van der Waals surface area contributed by atoms with Gasteiger partial charge in [-0.15, -0.1) is 0 Å². The summed E-state index contributed by atoms with van der Waals surface area (Å²) in [6.07, 6.45) is -1.01. The van der Waals surface area contributed by atoms with E-state index in [0.717, 1.165) is 39.7 Å². The molecule has 0 fully saturated rings. The summed E-state index contributed by atoms with van der Waals surface area (Å²) in [6, 6.07) is 24.8. The van der Waals surface area contributed by atoms with E-state index in [2.05, 4.69) is 34.1 Å². The molecule has 1 atom stereocenters. The van der Waals surface area contributed by atoms with Crippen LogP contribution in [0.2, 0.25) is 0 Å². The zero-order chi connectivity index (χ0) is 26.7. The molecule has 0 saturated carbocycles. The zero-order valence-electron chi connectivity index (χ0n) is 20.8. The number of alkyl halides is 3. The first-order valence-corrected chi connectivity index (χ1v) is 12.4. The summed E-state index contributed by atoms with van der Waals surface area (Å²) in [6.45, 7) is 2.83. The number of rotatable bonds is 8. The molecule has 0 aliphatic heterocycles. The van der Waals surface area contributed by atoms with Gasteiger partial charge in [-0.3, -0.25) is 4.79 Å². The Kier molecular flexibility index (Phi) is 7.09. The molecule has 5 aromatic rings. The number of hydrogen-bond acceptors (Lipinski definition) is 2. The zero-order valence-corrected chi connectivity index (χ0v) is 20.8. The first kappa shape index (κ1) is 25.4. The third kappa shape index (κ3) is 5.67. The molecule has 0 spiro atoms. The van der Waals surface area contributed by atoms with Crippen LogP contribution >= 0.6 is 0 Å². The molecule has 1 N–H and O–H groups in total. The fourth-order valence-corrected chi connectivity index (χ4v) is 4.77. The van der Waals surface area contributed by atoms with Gasteiger partial charge in [-0.25, -0.2) is 0 Å². The number of nitrogens with one attached hydrogen (secondary N) is 1. The van der Waals surface area contributed by atoms with Crippen LogP contribution in [0.25, 0.3) is 10.9 Å². The Labute approximate surface area is 218 Å². The largest absolute Gasteiger partial charge is 0.467 e. The van der Waals surface area contributed by atoms with Crippen LogP contribution in [-0.4, -0.2) is 10.5 Å². The summed E-state index contributed by atoms with van der Waals surface area (Å²) in [5.41, 5.74) is 3.73. The van der Waals surface area contributed by atoms with E-state index in [4.69, 9.17) is 4.42 Å². The number of halogens is 3. The van der Waals surface area contributed by atoms with Crippen LogP contribution in [0.4, 0.5) is 13.2 Å². The molecule has 0 bridgehead atoms. The highest BCUT2D eigenvalue weighted by molar-refractivity contribution is 5.86. The third-order valence-corrected chi connectivity index (χ3v) is 6.71. The van der Waals surface area contributed by atoms with Crippen molar-refractivity contribution in [3.63, 3.8) is 0 Å². The van der Waals surface area contributed by atoms with Crippen molar-refractivity contribution < 1.29 is 22.4 Å². The van der Waals surface area contributed by atoms with Gasteiger partial charge in [-0.05, 0) is 47.9 Å². The van der Waals surface area contributed by atoms with Gasteiger partial charge in [0.1, 0.15) is 5.76 Å². The molecular formula is C31H27F3N2O2. The van der Waals surface area contributed by atoms with E-state index in [1.54, 1.807) is 18.2 Å². The monoisotopic (exact) mass is 516 g/mol. The number of fused-ring (bicyclic) bond motifs is 1. The average molecular weight is 517 g/mol. The van der Waals surface area contributed by atoms with Crippen molar-refractivity contribution in [3.05, 3.63) is 131 Å². The van der Waals surface area contributed by atoms with E-state index in [-0.39, 0.29) is 18.9 Å². The van der Waals surface area contributed by atoms with E-state index in [9.17, 15) is 18.0 Å². The Hall–Kier alpha value is -4.26. The number of hydrogen-bond donors (Lipinski definition) is 1. The average Bonchev–Trinajstić information content (AvgIpc) is 3.55. The fraction of sp³-hybridized carbons (Fsp3) is 0.194. The summed E-state index contributed by atoms with van der Waals surface area (Å²) in [7, 11) is 0. The third-order valence-electron chi connectivity index (χ3n) is 6.71. The molecule has 1 amide bonds. The lowest BCUT2D eigenvalue weighted by molar-refractivity contribution is -0.137. The topological polar surface area (TPSA) is 47.2 Å². The highest BCUT2D eigenvalue weighted by atomic mass is 19.4. The first-order chi connectivity index (χ1) is 18.3. The Bertz CT molecular complexity index is 1530. The summed E-state index contributed by atoms with van der Waals surface area (Å²) in [5.74, 6) is -0.263. The number of aromatic nitrogens is 1. The van der Waals surface area contributed by atoms with E-state index in [1.807, 2.05) is 37.4 Å². The van der Waals surface area contributed by atoms with Crippen molar-refractivity contribution in [2.24, 2.45) is 0 Å². The summed E-state index contributed by atoms with van der Waals surface area (Å²) < 4.78 is 48.2. The van der Waals surface area contributed by atoms with Crippen molar-refractivity contribution >= 4 is 16.8 Å². The standard InChI is InChI=1S/C31H27F3N2O2/c1-21-11-13-22(14-12-21)19-36-20-28(26-9-2-3-10-29(26)36)27(17-30(37)35-18-25-8-5-15-38-25)23-6-4-7-24(16-23)31(32,33)34/h2-16,20,27H,17-19H2,1H3,(H,35,37)/t27-/m0/s1. The molecule has 2 aromatic heterocycles. The number of carbonyl (C=O) groups excluding carboxylic acids is 1. The molecule has 38 heavy (non-hydrogen) atoms. The molecule has 0 radical (unpaired) electrons. The maximum atomic E-state index is 13.6. The number of carbonyl (C=O) groups is 1. The molecule has 0 aliphatic rings. The van der Waals surface area contributed by atoms with Gasteiger partial charge in [0.05, 0.1) is 18.4 Å². The second-order valence-electron chi connectivity index (χ2n) is 9.45. The number of furan rings is 1. The summed E-state index contributed by atoms with van der Waals surface area (Å²) in [4.78, 5) is 13.1. The van der Waals surface area contributed by atoms with Gasteiger partial charge >= 0.3 is 6.18 Å². The summed E-state index contributed by atoms with van der Waals surface area (Å²) in [5, 5.41) is 3.74. The van der Waals surface area contributed by atoms with Crippen LogP contribution in [0.1, 0.15) is 45.9 Å². The van der Waals surface area contributed by atoms with Crippen molar-refractivity contribution in [2.75, 3.05) is 0 Å². The van der Waals surface area contributed by atoms with Gasteiger partial charge in [0, 0.05) is 36.0 Å². The first-order valence-electron chi connectivity index (χ1n) is 12.4. The predicted molar refractivity (Wildman–Crippen MR) is 141 cm³/mol. The second-order valence-corrected chi connectivity index (χ2v) is 9.45. The highest BCUT2D eigenvalue weighted by Crippen LogP contribution is 2.38. The molecular weight excluding hydrogens is 489 g/mol. The Balaban J connectivity index is 1.54. The normalized spacial score (nSPS) is 12.5. The number of aryl methyl sites for hydroxylation is 1. The summed E-state index contributed by atoms with van der Waals surface area (Å²) >= 11 is 0. The van der Waals surface area contributed by atoms with Crippen molar-refractivity contribution in [1.82, 2.24) is 9.88 Å². The molecule has 194 valence electrons. The predicted octanol–water partition coefficient (Wildman–Crippen LogP) is 7.45. The minimum absolute atomic E-state index is 0.0133. The Morgan fingerprint density at radius 1 is 0.974 bits per heavy atom. The van der Waals surface area contributed by atoms with Gasteiger partial charge in [0.15, 0.2) is 0 Å². The van der Waals surface area contributed by atoms with Gasteiger partial charge in [0.25, 0.3) is 0 Å². The van der Waals surface area contributed by atoms with E-state index < -0.39 is 17.7 Å². The van der Waals surface area contributed by atoms with Crippen molar-refractivity contribution in [2.45, 2.75) is 38.5 Å². The molecule has 3 aromatic carbocycles. The van der Waals surface area contributed by atoms with E-state index in [1.165, 1.54) is 12.3 Å². The minimum Gasteiger partial charge on any atom is -0.467 e. The Morgan fingerprint density at radius 3 is 2.50 bits per heavy atom. The molecule has 4 nitrogen and oxygen atoms in total. The van der Waals surface area contributed by atoms with Crippen molar-refractivity contribution in [1.29, 1.82) is 0 Å². The SMILES string of the molecule is Cc1ccc(Cn2cc([C@@H](CC(=O)NCc3ccco3)c3cccc(C(F)(F)F)c3)c3ccccc32)cc1. The number of benzene rings is 3. The highest BCUT2D eigenvalue weighted by Gasteiger charge is 2.32. The lowest BCUT2D eigenvalue weighted by atomic mass is 9.87. The molecule has 0 saturated heterocycles. The van der Waals surface area contributed by atoms with Crippen LogP contribution in [0.15, 0.2) is 102 Å². The molecule has 5 rings (SSSR count). The van der Waals surface area contributed by atoms with Gasteiger partial charge in [-0.1, -0.05) is 66.2 Å². The van der Waals surface area contributed by atoms with E-state index in [0.29, 0.717) is 17.9 Å². The Morgan fingerprint density at radius 2 is 1.76 bits per heavy atom. The minimum atomic E-state index is -4.48. The lowest BCUT2D eigenvalue weighted by Crippen LogP contribution is -2.25. The molecule has 0 aliphatic carbocycles. The number of para-hydroxylation sites is 1. The van der Waals surface area contributed by atoms with Crippen molar-refractivity contribution in [3.8, 4) is 0 Å². The smallest absolute Gasteiger partial charge is 0.416 e. The maximum Gasteiger partial charge on any atom is 0.416 e. The lowest BCUT2D eigenvalue weighted by Gasteiger charge is -2.19. The van der Waals surface area contributed by atoms with Crippen LogP contribution in [0, 0.1) is 6.92 Å². The van der Waals surface area contributed by atoms with E-state index >= 15 is 0 Å². The van der Waals surface area contributed by atoms with Crippen LogP contribution in [-0.2, 0) is 24.1 Å². The second kappa shape index (κ2) is 10.6.